The van der Waals surface area contributed by atoms with Crippen molar-refractivity contribution in [3.63, 3.8) is 0 Å². The first kappa shape index (κ1) is 34.8. The summed E-state index contributed by atoms with van der Waals surface area (Å²) in [7, 11) is 1.04. The Hall–Kier alpha value is -5.08. The molecule has 3 atom stereocenters. The number of aromatic nitrogens is 1. The van der Waals surface area contributed by atoms with E-state index in [0.29, 0.717) is 21.1 Å². The van der Waals surface area contributed by atoms with Crippen molar-refractivity contribution >= 4 is 79.6 Å². The number of esters is 1. The summed E-state index contributed by atoms with van der Waals surface area (Å²) >= 11 is 7.34. The molecule has 246 valence electrons. The molecule has 13 nitrogen and oxygen atoms in total. The molecule has 3 aromatic carbocycles. The van der Waals surface area contributed by atoms with Gasteiger partial charge in [0.25, 0.3) is 0 Å². The zero-order valence-corrected chi connectivity index (χ0v) is 26.6. The molecule has 0 fully saturated rings. The predicted molar refractivity (Wildman–Crippen MR) is 173 cm³/mol. The van der Waals surface area contributed by atoms with E-state index in [-0.39, 0.29) is 19.3 Å². The van der Waals surface area contributed by atoms with Gasteiger partial charge in [0.1, 0.15) is 23.1 Å². The van der Waals surface area contributed by atoms with E-state index in [1.807, 2.05) is 36.4 Å². The summed E-state index contributed by atoms with van der Waals surface area (Å²) in [5, 5.41) is 28.7. The van der Waals surface area contributed by atoms with Crippen molar-refractivity contribution in [2.75, 3.05) is 7.11 Å². The molecular formula is C32H31ClN4O9S. The van der Waals surface area contributed by atoms with Crippen LogP contribution in [0.1, 0.15) is 29.8 Å². The van der Waals surface area contributed by atoms with Gasteiger partial charge in [0, 0.05) is 17.9 Å². The first-order valence-electron chi connectivity index (χ1n) is 14.4. The monoisotopic (exact) mass is 682 g/mol. The average Bonchev–Trinajstić information content (AvgIpc) is 3.42. The van der Waals surface area contributed by atoms with Gasteiger partial charge in [-0.3, -0.25) is 24.0 Å². The summed E-state index contributed by atoms with van der Waals surface area (Å²) in [5.41, 5.74) is 1.30. The third-order valence-electron chi connectivity index (χ3n) is 7.07. The van der Waals surface area contributed by atoms with Crippen LogP contribution in [0.4, 0.5) is 0 Å². The molecule has 0 unspecified atom stereocenters. The highest BCUT2D eigenvalue weighted by Gasteiger charge is 2.32. The number of amides is 3. The van der Waals surface area contributed by atoms with Crippen LogP contribution in [0.25, 0.3) is 21.0 Å². The van der Waals surface area contributed by atoms with Gasteiger partial charge >= 0.3 is 17.9 Å². The Kier molecular flexibility index (Phi) is 11.8. The van der Waals surface area contributed by atoms with Gasteiger partial charge in [0.2, 0.25) is 17.7 Å². The van der Waals surface area contributed by atoms with Gasteiger partial charge in [-0.1, -0.05) is 54.1 Å². The summed E-state index contributed by atoms with van der Waals surface area (Å²) in [6, 6.07) is 13.9. The van der Waals surface area contributed by atoms with Gasteiger partial charge in [-0.05, 0) is 41.0 Å². The lowest BCUT2D eigenvalue weighted by molar-refractivity contribution is -0.146. The van der Waals surface area contributed by atoms with Crippen molar-refractivity contribution in [2.24, 2.45) is 0 Å². The standard InChI is InChI=1S/C32H31ClN4O9S/c1-46-32(45)21(9-11-28(39)40)36-31(44)24(15-29(41)42)37-30(43)23(13-17-6-7-18-4-2-3-5-19(18)12-17)34-26(38)16-27-35-22-14-20(33)8-10-25(22)47-27/h2-8,10,12,14,21,23-24H,9,11,13,15-16H2,1H3,(H,34,38)(H,36,44)(H,37,43)(H,39,40)(H,41,42)/t21-,23-,24-/m0/s1. The Labute approximate surface area is 277 Å². The number of nitrogens with zero attached hydrogens (tertiary/aromatic N) is 1. The van der Waals surface area contributed by atoms with E-state index >= 15 is 0 Å². The zero-order valence-electron chi connectivity index (χ0n) is 25.0. The van der Waals surface area contributed by atoms with E-state index in [1.165, 1.54) is 11.3 Å². The van der Waals surface area contributed by atoms with Crippen molar-refractivity contribution in [1.82, 2.24) is 20.9 Å². The molecular weight excluding hydrogens is 652 g/mol. The smallest absolute Gasteiger partial charge is 0.328 e. The van der Waals surface area contributed by atoms with Crippen LogP contribution >= 0.6 is 22.9 Å². The topological polar surface area (TPSA) is 201 Å². The van der Waals surface area contributed by atoms with Crippen molar-refractivity contribution in [3.05, 3.63) is 76.3 Å². The molecule has 0 aliphatic rings. The highest BCUT2D eigenvalue weighted by Crippen LogP contribution is 2.25. The molecule has 0 saturated carbocycles. The van der Waals surface area contributed by atoms with Gasteiger partial charge in [-0.2, -0.15) is 0 Å². The lowest BCUT2D eigenvalue weighted by Gasteiger charge is -2.24. The lowest BCUT2D eigenvalue weighted by Crippen LogP contribution is -2.57. The number of ether oxygens (including phenoxy) is 1. The number of aliphatic carboxylic acids is 2. The van der Waals surface area contributed by atoms with E-state index in [1.54, 1.807) is 24.3 Å². The molecule has 1 aromatic heterocycles. The van der Waals surface area contributed by atoms with Gasteiger partial charge in [-0.25, -0.2) is 9.78 Å². The highest BCUT2D eigenvalue weighted by molar-refractivity contribution is 7.18. The summed E-state index contributed by atoms with van der Waals surface area (Å²) in [6.45, 7) is 0. The van der Waals surface area contributed by atoms with Crippen LogP contribution in [-0.2, 0) is 46.3 Å². The quantitative estimate of drug-likeness (QED) is 0.116. The summed E-state index contributed by atoms with van der Waals surface area (Å²) in [4.78, 5) is 79.4. The van der Waals surface area contributed by atoms with Crippen LogP contribution in [0.15, 0.2) is 60.7 Å². The van der Waals surface area contributed by atoms with E-state index in [0.717, 1.165) is 22.6 Å². The normalized spacial score (nSPS) is 12.9. The molecule has 4 aromatic rings. The predicted octanol–water partition coefficient (Wildman–Crippen LogP) is 2.86. The molecule has 4 rings (SSSR count). The second-order valence-corrected chi connectivity index (χ2v) is 12.1. The van der Waals surface area contributed by atoms with Crippen molar-refractivity contribution in [3.8, 4) is 0 Å². The minimum Gasteiger partial charge on any atom is -0.481 e. The molecule has 0 spiro atoms. The maximum Gasteiger partial charge on any atom is 0.328 e. The Morgan fingerprint density at radius 3 is 2.26 bits per heavy atom. The number of rotatable bonds is 15. The molecule has 5 N–H and O–H groups in total. The number of carboxylic acids is 2. The van der Waals surface area contributed by atoms with E-state index in [9.17, 15) is 33.9 Å². The maximum absolute atomic E-state index is 13.7. The number of fused-ring (bicyclic) bond motifs is 2. The van der Waals surface area contributed by atoms with Crippen LogP contribution in [-0.4, -0.2) is 76.1 Å². The number of carbonyl (C=O) groups is 6. The number of hydrogen-bond donors (Lipinski definition) is 5. The number of carbonyl (C=O) groups excluding carboxylic acids is 4. The van der Waals surface area contributed by atoms with Crippen molar-refractivity contribution in [1.29, 1.82) is 0 Å². The van der Waals surface area contributed by atoms with Crippen molar-refractivity contribution in [2.45, 2.75) is 50.2 Å². The highest BCUT2D eigenvalue weighted by atomic mass is 35.5. The Morgan fingerprint density at radius 2 is 1.55 bits per heavy atom. The van der Waals surface area contributed by atoms with E-state index in [4.69, 9.17) is 16.7 Å². The van der Waals surface area contributed by atoms with Gasteiger partial charge in [-0.15, -0.1) is 11.3 Å². The third kappa shape index (κ3) is 9.95. The minimum absolute atomic E-state index is 0.0112. The largest absolute Gasteiger partial charge is 0.481 e. The summed E-state index contributed by atoms with van der Waals surface area (Å²) < 4.78 is 5.45. The Morgan fingerprint density at radius 1 is 0.851 bits per heavy atom. The van der Waals surface area contributed by atoms with Crippen molar-refractivity contribution < 1.29 is 43.7 Å². The molecule has 3 amide bonds. The molecule has 0 saturated heterocycles. The second kappa shape index (κ2) is 16.0. The van der Waals surface area contributed by atoms with Crippen LogP contribution in [0.3, 0.4) is 0 Å². The molecule has 0 aliphatic heterocycles. The number of benzene rings is 3. The number of hydrogen-bond acceptors (Lipinski definition) is 9. The number of nitrogens with one attached hydrogen (secondary N) is 3. The van der Waals surface area contributed by atoms with Crippen LogP contribution in [0.2, 0.25) is 5.02 Å². The van der Waals surface area contributed by atoms with E-state index < -0.39 is 66.6 Å². The lowest BCUT2D eigenvalue weighted by atomic mass is 10.0. The number of carboxylic acid groups (broad SMARTS) is 2. The molecule has 47 heavy (non-hydrogen) atoms. The summed E-state index contributed by atoms with van der Waals surface area (Å²) in [6.07, 6.45) is -1.86. The first-order chi connectivity index (χ1) is 22.4. The number of methoxy groups -OCH3 is 1. The second-order valence-electron chi connectivity index (χ2n) is 10.6. The van der Waals surface area contributed by atoms with Crippen LogP contribution in [0.5, 0.6) is 0 Å². The minimum atomic E-state index is -1.68. The summed E-state index contributed by atoms with van der Waals surface area (Å²) in [5.74, 6) is -6.06. The Bertz CT molecular complexity index is 1830. The fourth-order valence-corrected chi connectivity index (χ4v) is 5.92. The maximum atomic E-state index is 13.7. The third-order valence-corrected chi connectivity index (χ3v) is 8.34. The molecule has 15 heteroatoms. The molecule has 1 heterocycles. The SMILES string of the molecule is COC(=O)[C@H](CCC(=O)O)NC(=O)[C@H](CC(=O)O)NC(=O)[C@H](Cc1ccc2ccccc2c1)NC(=O)Cc1nc2cc(Cl)ccc2s1. The molecule has 0 bridgehead atoms. The Balaban J connectivity index is 1.56. The van der Waals surface area contributed by atoms with Gasteiger partial charge in [0.05, 0.1) is 30.2 Å². The number of thiazole rings is 1. The fraction of sp³-hybridized carbons (Fsp3) is 0.281. The molecule has 0 aliphatic carbocycles. The molecule has 0 radical (unpaired) electrons. The van der Waals surface area contributed by atoms with Crippen LogP contribution in [0, 0.1) is 0 Å². The fourth-order valence-electron chi connectivity index (χ4n) is 4.80. The zero-order chi connectivity index (χ0) is 34.1. The first-order valence-corrected chi connectivity index (χ1v) is 15.6. The van der Waals surface area contributed by atoms with Gasteiger partial charge in [0.15, 0.2) is 0 Å². The average molecular weight is 683 g/mol. The number of halogens is 1. The van der Waals surface area contributed by atoms with Gasteiger partial charge < -0.3 is 30.9 Å². The van der Waals surface area contributed by atoms with Crippen LogP contribution < -0.4 is 16.0 Å². The van der Waals surface area contributed by atoms with E-state index in [2.05, 4.69) is 25.7 Å².